The number of ketones is 1. The Morgan fingerprint density at radius 2 is 2.12 bits per heavy atom. The molecule has 0 atom stereocenters. The Morgan fingerprint density at radius 1 is 1.38 bits per heavy atom. The molecule has 0 aromatic heterocycles. The van der Waals surface area contributed by atoms with Crippen LogP contribution in [0.5, 0.6) is 0 Å². The molecule has 84 valence electrons. The van der Waals surface area contributed by atoms with E-state index in [0.29, 0.717) is 24.3 Å². The Labute approximate surface area is 94.9 Å². The quantitative estimate of drug-likeness (QED) is 0.764. The van der Waals surface area contributed by atoms with Gasteiger partial charge in [0.1, 0.15) is 0 Å². The Morgan fingerprint density at radius 3 is 2.88 bits per heavy atom. The largest absolute Gasteiger partial charge is 0.400 e. The molecule has 0 radical (unpaired) electrons. The van der Waals surface area contributed by atoms with Crippen LogP contribution in [0, 0.1) is 0 Å². The number of benzene rings is 1. The second kappa shape index (κ2) is 4.49. The average molecular weight is 217 g/mol. The first-order chi connectivity index (χ1) is 7.74. The Bertz CT molecular complexity index is 449. The molecule has 0 unspecified atom stereocenters. The highest BCUT2D eigenvalue weighted by Crippen LogP contribution is 2.29. The van der Waals surface area contributed by atoms with Crippen LogP contribution in [0.1, 0.15) is 17.5 Å². The predicted octanol–water partition coefficient (Wildman–Crippen LogP) is 1.52. The minimum absolute atomic E-state index is 0.119. The third-order valence-electron chi connectivity index (χ3n) is 2.81. The molecular formula is C13H15NO2. The molecule has 1 aromatic rings. The van der Waals surface area contributed by atoms with Gasteiger partial charge in [0.05, 0.1) is 6.61 Å². The number of nitrogens with two attached hydrogens (primary N) is 1. The van der Waals surface area contributed by atoms with Crippen molar-refractivity contribution in [3.8, 4) is 0 Å². The second-order valence-corrected chi connectivity index (χ2v) is 3.91. The van der Waals surface area contributed by atoms with Crippen molar-refractivity contribution < 1.29 is 9.53 Å². The Balaban J connectivity index is 2.52. The summed E-state index contributed by atoms with van der Waals surface area (Å²) in [7, 11) is 1.58. The number of hydrogen-bond acceptors (Lipinski definition) is 3. The maximum absolute atomic E-state index is 11.9. The van der Waals surface area contributed by atoms with E-state index in [1.165, 1.54) is 5.56 Å². The van der Waals surface area contributed by atoms with Gasteiger partial charge >= 0.3 is 0 Å². The molecule has 3 nitrogen and oxygen atoms in total. The minimum atomic E-state index is 0.119. The van der Waals surface area contributed by atoms with Crippen molar-refractivity contribution in [1.29, 1.82) is 0 Å². The van der Waals surface area contributed by atoms with Gasteiger partial charge in [-0.3, -0.25) is 4.79 Å². The van der Waals surface area contributed by atoms with E-state index in [4.69, 9.17) is 10.5 Å². The molecule has 0 aliphatic heterocycles. The highest BCUT2D eigenvalue weighted by Gasteiger charge is 2.23. The molecule has 1 aromatic carbocycles. The summed E-state index contributed by atoms with van der Waals surface area (Å²) in [5, 5.41) is 0. The second-order valence-electron chi connectivity index (χ2n) is 3.91. The van der Waals surface area contributed by atoms with Gasteiger partial charge in [-0.05, 0) is 17.5 Å². The number of ether oxygens (including phenoxy) is 1. The monoisotopic (exact) mass is 217 g/mol. The van der Waals surface area contributed by atoms with Crippen molar-refractivity contribution in [2.75, 3.05) is 13.7 Å². The van der Waals surface area contributed by atoms with Crippen molar-refractivity contribution in [2.45, 2.75) is 12.8 Å². The lowest BCUT2D eigenvalue weighted by molar-refractivity contribution is -0.114. The molecule has 1 aliphatic carbocycles. The summed E-state index contributed by atoms with van der Waals surface area (Å²) in [6, 6.07) is 7.91. The zero-order chi connectivity index (χ0) is 11.5. The van der Waals surface area contributed by atoms with Crippen LogP contribution >= 0.6 is 0 Å². The number of Topliss-reactive ketones (excluding diaryl/α,β-unsaturated/α-hetero) is 1. The van der Waals surface area contributed by atoms with Crippen molar-refractivity contribution in [2.24, 2.45) is 5.73 Å². The van der Waals surface area contributed by atoms with E-state index in [9.17, 15) is 4.79 Å². The van der Waals surface area contributed by atoms with Crippen molar-refractivity contribution in [1.82, 2.24) is 0 Å². The fourth-order valence-corrected chi connectivity index (χ4v) is 2.09. The summed E-state index contributed by atoms with van der Waals surface area (Å²) in [6.45, 7) is 0.301. The molecule has 0 heterocycles. The summed E-state index contributed by atoms with van der Waals surface area (Å²) in [6.07, 6.45) is 1.34. The molecule has 3 heteroatoms. The van der Waals surface area contributed by atoms with Crippen LogP contribution in [0.25, 0.3) is 5.57 Å². The normalized spacial score (nSPS) is 18.2. The van der Waals surface area contributed by atoms with E-state index in [0.717, 1.165) is 12.0 Å². The number of rotatable bonds is 2. The van der Waals surface area contributed by atoms with Crippen molar-refractivity contribution in [3.05, 3.63) is 41.1 Å². The first kappa shape index (κ1) is 10.9. The molecule has 2 rings (SSSR count). The molecule has 1 aliphatic rings. The summed E-state index contributed by atoms with van der Waals surface area (Å²) in [5.41, 5.74) is 9.22. The maximum atomic E-state index is 11.9. The molecule has 0 fully saturated rings. The minimum Gasteiger partial charge on any atom is -0.400 e. The smallest absolute Gasteiger partial charge is 0.165 e. The van der Waals surface area contributed by atoms with Gasteiger partial charge in [-0.1, -0.05) is 24.3 Å². The highest BCUT2D eigenvalue weighted by atomic mass is 16.5. The van der Waals surface area contributed by atoms with Gasteiger partial charge < -0.3 is 10.5 Å². The van der Waals surface area contributed by atoms with E-state index in [-0.39, 0.29) is 5.78 Å². The molecule has 0 saturated carbocycles. The molecule has 0 bridgehead atoms. The lowest BCUT2D eigenvalue weighted by Crippen LogP contribution is -2.19. The van der Waals surface area contributed by atoms with Gasteiger partial charge in [0, 0.05) is 24.8 Å². The third-order valence-corrected chi connectivity index (χ3v) is 2.81. The molecule has 0 amide bonds. The average Bonchev–Trinajstić information content (AvgIpc) is 2.29. The van der Waals surface area contributed by atoms with Gasteiger partial charge in [0.25, 0.3) is 0 Å². The zero-order valence-electron chi connectivity index (χ0n) is 9.32. The molecular weight excluding hydrogens is 202 g/mol. The number of carbonyl (C=O) groups excluding carboxylic acids is 1. The topological polar surface area (TPSA) is 52.3 Å². The Hall–Kier alpha value is -1.61. The molecule has 0 spiro atoms. The van der Waals surface area contributed by atoms with Crippen LogP contribution in [0.4, 0.5) is 0 Å². The summed E-state index contributed by atoms with van der Waals surface area (Å²) in [4.78, 5) is 11.9. The summed E-state index contributed by atoms with van der Waals surface area (Å²) >= 11 is 0. The zero-order valence-corrected chi connectivity index (χ0v) is 9.32. The lowest BCUT2D eigenvalue weighted by atomic mass is 9.85. The van der Waals surface area contributed by atoms with E-state index in [1.807, 2.05) is 24.3 Å². The lowest BCUT2D eigenvalue weighted by Gasteiger charge is -2.19. The van der Waals surface area contributed by atoms with Crippen molar-refractivity contribution in [3.63, 3.8) is 0 Å². The predicted molar refractivity (Wildman–Crippen MR) is 62.8 cm³/mol. The van der Waals surface area contributed by atoms with Crippen LogP contribution < -0.4 is 5.73 Å². The number of fused-ring (bicyclic) bond motifs is 1. The first-order valence-corrected chi connectivity index (χ1v) is 5.33. The van der Waals surface area contributed by atoms with Gasteiger partial charge in [-0.25, -0.2) is 0 Å². The molecule has 2 N–H and O–H groups in total. The van der Waals surface area contributed by atoms with Crippen LogP contribution in [-0.2, 0) is 16.0 Å². The summed E-state index contributed by atoms with van der Waals surface area (Å²) in [5.74, 6) is 0.119. The van der Waals surface area contributed by atoms with E-state index in [1.54, 1.807) is 7.11 Å². The molecule has 16 heavy (non-hydrogen) atoms. The van der Waals surface area contributed by atoms with Gasteiger partial charge in [0.2, 0.25) is 0 Å². The van der Waals surface area contributed by atoms with E-state index < -0.39 is 0 Å². The van der Waals surface area contributed by atoms with Crippen LogP contribution in [0.15, 0.2) is 30.0 Å². The van der Waals surface area contributed by atoms with Crippen LogP contribution in [0.3, 0.4) is 0 Å². The molecule has 0 saturated heterocycles. The number of allylic oxidation sites excluding steroid dienone is 1. The fourth-order valence-electron chi connectivity index (χ4n) is 2.09. The van der Waals surface area contributed by atoms with Crippen molar-refractivity contribution >= 4 is 11.4 Å². The first-order valence-electron chi connectivity index (χ1n) is 5.33. The Kier molecular flexibility index (Phi) is 3.06. The summed E-state index contributed by atoms with van der Waals surface area (Å²) < 4.78 is 4.99. The van der Waals surface area contributed by atoms with E-state index in [2.05, 4.69) is 0 Å². The van der Waals surface area contributed by atoms with Gasteiger partial charge in [0.15, 0.2) is 5.78 Å². The number of aryl methyl sites for hydroxylation is 1. The van der Waals surface area contributed by atoms with Crippen LogP contribution in [-0.4, -0.2) is 19.5 Å². The van der Waals surface area contributed by atoms with Gasteiger partial charge in [-0.2, -0.15) is 0 Å². The number of carbonyl (C=O) groups is 1. The third kappa shape index (κ3) is 1.86. The number of methoxy groups -OCH3 is 1. The van der Waals surface area contributed by atoms with E-state index >= 15 is 0 Å². The highest BCUT2D eigenvalue weighted by molar-refractivity contribution is 6.23. The fraction of sp³-hybridized carbons (Fsp3) is 0.308. The van der Waals surface area contributed by atoms with Gasteiger partial charge in [-0.15, -0.1) is 0 Å². The van der Waals surface area contributed by atoms with Crippen LogP contribution in [0.2, 0.25) is 0 Å². The maximum Gasteiger partial charge on any atom is 0.165 e. The standard InChI is InChI=1S/C13H15NO2/c1-16-8-11(14)13-10-5-3-2-4-9(10)6-7-12(13)15/h2-5H,6-8,14H2,1H3/b13-11-. The SMILES string of the molecule is COC/C(N)=C1/C(=O)CCc2ccccc21. The number of hydrogen-bond donors (Lipinski definition) is 1.